The molecule has 1 atom stereocenters. The third-order valence-corrected chi connectivity index (χ3v) is 5.42. The minimum Gasteiger partial charge on any atom is -0.464 e. The topological polar surface area (TPSA) is 59.1 Å². The second-order valence-corrected chi connectivity index (χ2v) is 6.72. The maximum atomic E-state index is 12.4. The molecule has 1 spiro atoms. The molecule has 2 aromatic rings. The number of furan rings is 2. The average Bonchev–Trinajstić information content (AvgIpc) is 3.28. The molecule has 4 aliphatic rings. The van der Waals surface area contributed by atoms with Gasteiger partial charge in [0, 0.05) is 18.5 Å². The monoisotopic (exact) mass is 314 g/mol. The summed E-state index contributed by atoms with van der Waals surface area (Å²) in [6, 6.07) is 5.53. The van der Waals surface area contributed by atoms with Crippen LogP contribution in [0.4, 0.5) is 10.7 Å². The van der Waals surface area contributed by atoms with E-state index in [0.29, 0.717) is 18.3 Å². The Kier molecular flexibility index (Phi) is 2.68. The van der Waals surface area contributed by atoms with Crippen molar-refractivity contribution in [2.75, 3.05) is 31.1 Å². The normalized spacial score (nSPS) is 32.7. The molecule has 0 unspecified atom stereocenters. The molecule has 6 nitrogen and oxygen atoms in total. The molecule has 0 radical (unpaired) electrons. The Morgan fingerprint density at radius 3 is 2.74 bits per heavy atom. The van der Waals surface area contributed by atoms with Crippen LogP contribution in [0.1, 0.15) is 12.8 Å². The zero-order valence-corrected chi connectivity index (χ0v) is 12.7. The van der Waals surface area contributed by atoms with Crippen LogP contribution in [-0.2, 0) is 4.74 Å². The number of carbonyl (C=O) groups excluding carboxylic acids is 1. The number of hydrogen-bond donors (Lipinski definition) is 0. The summed E-state index contributed by atoms with van der Waals surface area (Å²) < 4.78 is 16.8. The molecule has 1 amide bonds. The minimum absolute atomic E-state index is 0.306. The predicted molar refractivity (Wildman–Crippen MR) is 82.1 cm³/mol. The average molecular weight is 314 g/mol. The number of carbonyl (C=O) groups is 1. The lowest BCUT2D eigenvalue weighted by Gasteiger charge is -2.49. The fraction of sp³-hybridized carbons (Fsp3) is 0.471. The summed E-state index contributed by atoms with van der Waals surface area (Å²) >= 11 is 0. The van der Waals surface area contributed by atoms with Gasteiger partial charge < -0.3 is 13.6 Å². The van der Waals surface area contributed by atoms with Gasteiger partial charge in [0.1, 0.15) is 17.6 Å². The number of fused-ring (bicyclic) bond motifs is 2. The molecule has 4 fully saturated rings. The predicted octanol–water partition coefficient (Wildman–Crippen LogP) is 2.96. The van der Waals surface area contributed by atoms with Gasteiger partial charge in [-0.1, -0.05) is 0 Å². The summed E-state index contributed by atoms with van der Waals surface area (Å²) in [5, 5.41) is 0. The van der Waals surface area contributed by atoms with Gasteiger partial charge in [-0.25, -0.2) is 9.69 Å². The third-order valence-electron chi connectivity index (χ3n) is 5.42. The lowest BCUT2D eigenvalue weighted by atomic mass is 9.75. The molecule has 4 aliphatic heterocycles. The summed E-state index contributed by atoms with van der Waals surface area (Å²) in [5.41, 5.74) is 0.457. The van der Waals surface area contributed by atoms with E-state index in [1.54, 1.807) is 17.4 Å². The number of rotatable bonds is 2. The van der Waals surface area contributed by atoms with E-state index in [1.807, 2.05) is 18.2 Å². The molecular weight excluding hydrogens is 296 g/mol. The highest BCUT2D eigenvalue weighted by atomic mass is 16.6. The summed E-state index contributed by atoms with van der Waals surface area (Å²) in [7, 11) is 0. The van der Waals surface area contributed by atoms with E-state index in [1.165, 1.54) is 0 Å². The van der Waals surface area contributed by atoms with Gasteiger partial charge in [0.05, 0.1) is 18.4 Å². The lowest BCUT2D eigenvalue weighted by molar-refractivity contribution is -0.0881. The van der Waals surface area contributed by atoms with Gasteiger partial charge in [-0.05, 0) is 38.1 Å². The molecule has 4 saturated heterocycles. The lowest BCUT2D eigenvalue weighted by Crippen LogP contribution is -2.61. The maximum absolute atomic E-state index is 12.4. The van der Waals surface area contributed by atoms with E-state index in [2.05, 4.69) is 4.90 Å². The second-order valence-electron chi connectivity index (χ2n) is 6.72. The van der Waals surface area contributed by atoms with Crippen LogP contribution in [0.2, 0.25) is 0 Å². The van der Waals surface area contributed by atoms with Crippen molar-refractivity contribution in [1.29, 1.82) is 0 Å². The minimum atomic E-state index is -0.370. The van der Waals surface area contributed by atoms with Crippen LogP contribution in [0.25, 0.3) is 11.3 Å². The van der Waals surface area contributed by atoms with Crippen molar-refractivity contribution in [1.82, 2.24) is 4.90 Å². The molecular formula is C17H18N2O4. The molecule has 0 N–H and O–H groups in total. The van der Waals surface area contributed by atoms with Crippen molar-refractivity contribution in [3.8, 4) is 11.3 Å². The second kappa shape index (κ2) is 4.64. The van der Waals surface area contributed by atoms with E-state index in [0.717, 1.165) is 43.8 Å². The van der Waals surface area contributed by atoms with Crippen molar-refractivity contribution in [3.05, 3.63) is 30.7 Å². The summed E-state index contributed by atoms with van der Waals surface area (Å²) in [6.45, 7) is 3.64. The van der Waals surface area contributed by atoms with E-state index in [-0.39, 0.29) is 11.7 Å². The number of anilines is 1. The number of nitrogens with zero attached hydrogens (tertiary/aromatic N) is 2. The Hall–Kier alpha value is -2.21. The third kappa shape index (κ3) is 1.94. The van der Waals surface area contributed by atoms with Crippen LogP contribution in [-0.4, -0.2) is 42.8 Å². The Bertz CT molecular complexity index is 730. The SMILES string of the molecule is O=C1O[C@@]2(CN3CCC2CC3)CN1c1cc(-c2ccco2)co1. The molecule has 6 heterocycles. The highest BCUT2D eigenvalue weighted by molar-refractivity contribution is 5.89. The van der Waals surface area contributed by atoms with Crippen LogP contribution in [0.15, 0.2) is 39.6 Å². The van der Waals surface area contributed by atoms with E-state index < -0.39 is 0 Å². The quantitative estimate of drug-likeness (QED) is 0.853. The first-order chi connectivity index (χ1) is 11.2. The first-order valence-electron chi connectivity index (χ1n) is 8.09. The standard InChI is InChI=1S/C17H18N2O4/c20-16-19(15-8-12(9-22-15)14-2-1-7-21-14)11-17(23-16)10-18-5-3-13(17)4-6-18/h1-2,7-9,13H,3-6,10-11H2/t17-/m0/s1. The number of amides is 1. The number of hydrogen-bond acceptors (Lipinski definition) is 5. The van der Waals surface area contributed by atoms with Gasteiger partial charge in [0.25, 0.3) is 0 Å². The fourth-order valence-corrected chi connectivity index (χ4v) is 4.22. The van der Waals surface area contributed by atoms with Crippen molar-refractivity contribution >= 4 is 12.0 Å². The molecule has 0 aromatic carbocycles. The van der Waals surface area contributed by atoms with Crippen LogP contribution in [0, 0.1) is 5.92 Å². The first-order valence-corrected chi connectivity index (χ1v) is 8.09. The molecule has 2 aromatic heterocycles. The van der Waals surface area contributed by atoms with Crippen molar-refractivity contribution in [3.63, 3.8) is 0 Å². The Morgan fingerprint density at radius 1 is 1.17 bits per heavy atom. The Balaban J connectivity index is 1.43. The van der Waals surface area contributed by atoms with Gasteiger partial charge in [-0.2, -0.15) is 0 Å². The molecule has 6 rings (SSSR count). The zero-order valence-electron chi connectivity index (χ0n) is 12.7. The molecule has 0 aliphatic carbocycles. The highest BCUT2D eigenvalue weighted by Gasteiger charge is 2.56. The first kappa shape index (κ1) is 13.2. The molecule has 2 bridgehead atoms. The molecule has 120 valence electrons. The Morgan fingerprint density at radius 2 is 2.04 bits per heavy atom. The van der Waals surface area contributed by atoms with Crippen LogP contribution < -0.4 is 4.90 Å². The largest absolute Gasteiger partial charge is 0.464 e. The van der Waals surface area contributed by atoms with Crippen molar-refractivity contribution in [2.45, 2.75) is 18.4 Å². The smallest absolute Gasteiger partial charge is 0.417 e. The van der Waals surface area contributed by atoms with Crippen molar-refractivity contribution in [2.24, 2.45) is 5.92 Å². The van der Waals surface area contributed by atoms with Crippen LogP contribution in [0.5, 0.6) is 0 Å². The van der Waals surface area contributed by atoms with E-state index in [9.17, 15) is 4.79 Å². The van der Waals surface area contributed by atoms with E-state index in [4.69, 9.17) is 13.6 Å². The summed E-state index contributed by atoms with van der Waals surface area (Å²) in [4.78, 5) is 16.4. The highest BCUT2D eigenvalue weighted by Crippen LogP contribution is 2.43. The van der Waals surface area contributed by atoms with Gasteiger partial charge in [0.15, 0.2) is 0 Å². The van der Waals surface area contributed by atoms with Crippen LogP contribution in [0.3, 0.4) is 0 Å². The number of piperidine rings is 3. The van der Waals surface area contributed by atoms with Gasteiger partial charge >= 0.3 is 6.09 Å². The summed E-state index contributed by atoms with van der Waals surface area (Å²) in [5.74, 6) is 1.71. The number of ether oxygens (including phenoxy) is 1. The van der Waals surface area contributed by atoms with Gasteiger partial charge in [0.2, 0.25) is 5.88 Å². The maximum Gasteiger partial charge on any atom is 0.417 e. The Labute approximate surface area is 133 Å². The van der Waals surface area contributed by atoms with Gasteiger partial charge in [-0.15, -0.1) is 0 Å². The molecule has 6 heteroatoms. The van der Waals surface area contributed by atoms with Crippen molar-refractivity contribution < 1.29 is 18.4 Å². The van der Waals surface area contributed by atoms with Crippen LogP contribution >= 0.6 is 0 Å². The van der Waals surface area contributed by atoms with Gasteiger partial charge in [-0.3, -0.25) is 4.90 Å². The van der Waals surface area contributed by atoms with E-state index >= 15 is 0 Å². The zero-order chi connectivity index (χ0) is 15.4. The molecule has 0 saturated carbocycles. The fourth-order valence-electron chi connectivity index (χ4n) is 4.22. The summed E-state index contributed by atoms with van der Waals surface area (Å²) in [6.07, 6.45) is 5.14. The molecule has 23 heavy (non-hydrogen) atoms.